The van der Waals surface area contributed by atoms with Gasteiger partial charge in [0.2, 0.25) is 17.8 Å². The van der Waals surface area contributed by atoms with Crippen LogP contribution in [0.4, 0.5) is 0 Å². The Labute approximate surface area is 320 Å². The van der Waals surface area contributed by atoms with Crippen molar-refractivity contribution in [2.75, 3.05) is 46.2 Å². The molecule has 0 spiro atoms. The zero-order valence-electron chi connectivity index (χ0n) is 32.3. The summed E-state index contributed by atoms with van der Waals surface area (Å²) in [5.74, 6) is -1.48. The highest BCUT2D eigenvalue weighted by Gasteiger charge is 2.34. The van der Waals surface area contributed by atoms with Gasteiger partial charge >= 0.3 is 0 Å². The van der Waals surface area contributed by atoms with Gasteiger partial charge in [-0.15, -0.1) is 0 Å². The van der Waals surface area contributed by atoms with Gasteiger partial charge in [-0.05, 0) is 44.9 Å². The molecule has 0 saturated heterocycles. The van der Waals surface area contributed by atoms with Crippen molar-refractivity contribution in [1.29, 1.82) is 0 Å². The lowest BCUT2D eigenvalue weighted by Crippen LogP contribution is -2.46. The third-order valence-electron chi connectivity index (χ3n) is 7.06. The first kappa shape index (κ1) is 48.7. The second-order valence-electron chi connectivity index (χ2n) is 12.7. The summed E-state index contributed by atoms with van der Waals surface area (Å²) >= 11 is 1.18. The predicted molar refractivity (Wildman–Crippen MR) is 218 cm³/mol. The Morgan fingerprint density at radius 2 is 1.32 bits per heavy atom. The largest absolute Gasteiger partial charge is 0.383 e. The number of hydrogen-bond acceptors (Lipinski definition) is 7. The summed E-state index contributed by atoms with van der Waals surface area (Å²) in [6, 6.07) is 0. The highest BCUT2D eigenvalue weighted by atomic mass is 32.2. The number of nitrogens with one attached hydrogen (secondary N) is 2. The molecule has 0 bridgehead atoms. The van der Waals surface area contributed by atoms with Crippen LogP contribution in [0.3, 0.4) is 0 Å². The first-order valence-corrected chi connectivity index (χ1v) is 19.0. The molecule has 296 valence electrons. The van der Waals surface area contributed by atoms with E-state index in [-0.39, 0.29) is 42.5 Å². The summed E-state index contributed by atoms with van der Waals surface area (Å²) < 4.78 is 5.33. The van der Waals surface area contributed by atoms with Crippen molar-refractivity contribution in [3.63, 3.8) is 0 Å². The molecule has 3 amide bonds. The fourth-order valence-electron chi connectivity index (χ4n) is 3.99. The van der Waals surface area contributed by atoms with E-state index in [1.54, 1.807) is 27.9 Å². The molecular formula is C39H63N7O6S. The van der Waals surface area contributed by atoms with Gasteiger partial charge in [-0.1, -0.05) is 105 Å². The van der Waals surface area contributed by atoms with Gasteiger partial charge in [-0.2, -0.15) is 9.98 Å². The molecule has 53 heavy (non-hydrogen) atoms. The number of rotatable bonds is 26. The average Bonchev–Trinajstić information content (AvgIpc) is 3.10. The summed E-state index contributed by atoms with van der Waals surface area (Å²) in [6.07, 6.45) is 31.1. The highest BCUT2D eigenvalue weighted by molar-refractivity contribution is 8.13. The minimum absolute atomic E-state index is 0.00539. The van der Waals surface area contributed by atoms with Crippen LogP contribution >= 0.6 is 11.8 Å². The Morgan fingerprint density at radius 1 is 0.792 bits per heavy atom. The Bertz CT molecular complexity index is 1330. The average molecular weight is 758 g/mol. The number of nitrogens with two attached hydrogens (primary N) is 2. The molecule has 7 N–H and O–H groups in total. The van der Waals surface area contributed by atoms with Gasteiger partial charge in [0, 0.05) is 51.2 Å². The number of amides is 3. The number of guanidine groups is 2. The highest BCUT2D eigenvalue weighted by Crippen LogP contribution is 2.21. The van der Waals surface area contributed by atoms with Gasteiger partial charge < -0.3 is 36.8 Å². The molecule has 0 aliphatic heterocycles. The predicted octanol–water partition coefficient (Wildman–Crippen LogP) is 4.47. The Balaban J connectivity index is 4.03. The number of aliphatic imine (C=N–C) groups is 2. The van der Waals surface area contributed by atoms with E-state index in [9.17, 15) is 24.3 Å². The Morgan fingerprint density at radius 3 is 1.85 bits per heavy atom. The SMILES string of the molecule is CC/C=C\C/C=C\C/C=C\C/C=C\C/C=C\C/C=C\CCC(=O)SCCNC(=O)CCNC(=O)[C@@H](O)C(C)(C)COCC(=O)N=C(N)/N=C(\N)N(C)C. The lowest BCUT2D eigenvalue weighted by Gasteiger charge is -2.29. The lowest BCUT2D eigenvalue weighted by atomic mass is 9.87. The van der Waals surface area contributed by atoms with E-state index in [4.69, 9.17) is 16.2 Å². The number of ether oxygens (including phenoxy) is 1. The van der Waals surface area contributed by atoms with E-state index < -0.39 is 29.9 Å². The number of carbonyl (C=O) groups excluding carboxylic acids is 4. The number of hydrogen-bond donors (Lipinski definition) is 5. The van der Waals surface area contributed by atoms with Crippen molar-refractivity contribution in [3.05, 3.63) is 72.9 Å². The van der Waals surface area contributed by atoms with Gasteiger partial charge in [-0.25, -0.2) is 0 Å². The molecular weight excluding hydrogens is 695 g/mol. The molecule has 0 aromatic heterocycles. The molecule has 0 unspecified atom stereocenters. The normalized spacial score (nSPS) is 13.7. The first-order valence-electron chi connectivity index (χ1n) is 18.0. The fourth-order valence-corrected chi connectivity index (χ4v) is 4.68. The molecule has 0 saturated carbocycles. The zero-order chi connectivity index (χ0) is 39.7. The maximum atomic E-state index is 12.4. The number of thioether (sulfide) groups is 1. The molecule has 14 heteroatoms. The van der Waals surface area contributed by atoms with E-state index in [1.165, 1.54) is 16.7 Å². The molecule has 13 nitrogen and oxygen atoms in total. The van der Waals surface area contributed by atoms with E-state index in [0.29, 0.717) is 25.1 Å². The van der Waals surface area contributed by atoms with E-state index >= 15 is 0 Å². The van der Waals surface area contributed by atoms with Crippen LogP contribution in [-0.2, 0) is 23.9 Å². The summed E-state index contributed by atoms with van der Waals surface area (Å²) in [6.45, 7) is 5.08. The zero-order valence-corrected chi connectivity index (χ0v) is 33.1. The summed E-state index contributed by atoms with van der Waals surface area (Å²) in [5, 5.41) is 15.8. The van der Waals surface area contributed by atoms with Gasteiger partial charge in [0.1, 0.15) is 12.7 Å². The summed E-state index contributed by atoms with van der Waals surface area (Å²) in [5.41, 5.74) is 10.1. The number of allylic oxidation sites excluding steroid dienone is 12. The van der Waals surface area contributed by atoms with E-state index in [2.05, 4.69) is 94.4 Å². The van der Waals surface area contributed by atoms with Crippen LogP contribution < -0.4 is 22.1 Å². The van der Waals surface area contributed by atoms with Crippen molar-refractivity contribution < 1.29 is 29.0 Å². The third-order valence-corrected chi connectivity index (χ3v) is 8.00. The molecule has 0 aromatic rings. The maximum Gasteiger partial charge on any atom is 0.274 e. The second kappa shape index (κ2) is 31.3. The number of aliphatic hydroxyl groups is 1. The van der Waals surface area contributed by atoms with Crippen LogP contribution in [0.5, 0.6) is 0 Å². The molecule has 1 atom stereocenters. The molecule has 0 radical (unpaired) electrons. The van der Waals surface area contributed by atoms with Crippen molar-refractivity contribution in [1.82, 2.24) is 15.5 Å². The van der Waals surface area contributed by atoms with Crippen LogP contribution in [0.2, 0.25) is 0 Å². The maximum absolute atomic E-state index is 12.4. The monoisotopic (exact) mass is 757 g/mol. The van der Waals surface area contributed by atoms with Gasteiger partial charge in [-0.3, -0.25) is 19.2 Å². The molecule has 0 aromatic carbocycles. The Kier molecular flexibility index (Phi) is 28.8. The van der Waals surface area contributed by atoms with Crippen molar-refractivity contribution in [2.45, 2.75) is 84.7 Å². The first-order chi connectivity index (χ1) is 25.3. The van der Waals surface area contributed by atoms with Gasteiger partial charge in [0.05, 0.1) is 6.61 Å². The van der Waals surface area contributed by atoms with Crippen LogP contribution in [0.1, 0.15) is 78.6 Å². The number of carbonyl (C=O) groups is 4. The molecule has 0 rings (SSSR count). The fraction of sp³-hybridized carbons (Fsp3) is 0.538. The summed E-state index contributed by atoms with van der Waals surface area (Å²) in [4.78, 5) is 57.5. The van der Waals surface area contributed by atoms with Crippen LogP contribution in [0, 0.1) is 5.41 Å². The van der Waals surface area contributed by atoms with Crippen molar-refractivity contribution >= 4 is 46.5 Å². The van der Waals surface area contributed by atoms with Gasteiger partial charge in [0.15, 0.2) is 11.1 Å². The minimum atomic E-state index is -1.46. The number of nitrogens with zero attached hydrogens (tertiary/aromatic N) is 3. The van der Waals surface area contributed by atoms with E-state index in [0.717, 1.165) is 38.5 Å². The molecule has 0 heterocycles. The quantitative estimate of drug-likeness (QED) is 0.0363. The van der Waals surface area contributed by atoms with Crippen molar-refractivity contribution in [2.24, 2.45) is 26.9 Å². The van der Waals surface area contributed by atoms with Crippen molar-refractivity contribution in [3.8, 4) is 0 Å². The second-order valence-corrected chi connectivity index (χ2v) is 13.8. The van der Waals surface area contributed by atoms with Crippen LogP contribution in [0.25, 0.3) is 0 Å². The molecule has 0 aliphatic carbocycles. The van der Waals surface area contributed by atoms with Gasteiger partial charge in [0.25, 0.3) is 5.91 Å². The molecule has 0 aliphatic rings. The summed E-state index contributed by atoms with van der Waals surface area (Å²) in [7, 11) is 3.30. The van der Waals surface area contributed by atoms with Crippen LogP contribution in [0.15, 0.2) is 82.9 Å². The smallest absolute Gasteiger partial charge is 0.274 e. The molecule has 0 fully saturated rings. The number of aliphatic hydroxyl groups excluding tert-OH is 1. The Hall–Kier alpha value is -4.27. The minimum Gasteiger partial charge on any atom is -0.383 e. The van der Waals surface area contributed by atoms with Crippen LogP contribution in [-0.4, -0.2) is 97.0 Å². The topological polar surface area (TPSA) is 202 Å². The van der Waals surface area contributed by atoms with E-state index in [1.807, 2.05) is 6.08 Å². The lowest BCUT2D eigenvalue weighted by molar-refractivity contribution is -0.139. The standard InChI is InChI=1S/C39H63N7O6S/c1-6-7-8-9-10-11-12-13-14-15-16-17-18-19-20-21-22-23-24-25-34(49)53-29-28-42-32(47)26-27-43-36(51)35(50)39(2,3)31-52-30-33(48)44-37(40)45-38(41)46(4)5/h7-8,10-11,13-14,16-17,19-20,22-23,35,50H,6,9,12,15,18,21,24-31H2,1-5H3,(H,42,47)(H,43,51)(H4,40,41,44,45,48)/b8-7-,11-10-,14-13-,17-16-,20-19-,23-22-/t35-/m1/s1. The third kappa shape index (κ3) is 28.9.